The number of rotatable bonds is 8. The van der Waals surface area contributed by atoms with Gasteiger partial charge in [0.25, 0.3) is 5.91 Å². The van der Waals surface area contributed by atoms with Gasteiger partial charge in [0, 0.05) is 40.8 Å². The van der Waals surface area contributed by atoms with E-state index in [1.54, 1.807) is 49.5 Å². The Kier molecular flexibility index (Phi) is 8.16. The van der Waals surface area contributed by atoms with Gasteiger partial charge in [-0.1, -0.05) is 36.9 Å². The minimum Gasteiger partial charge on any atom is -0.497 e. The molecule has 2 aliphatic heterocycles. The van der Waals surface area contributed by atoms with Crippen molar-refractivity contribution in [1.82, 2.24) is 10.3 Å². The van der Waals surface area contributed by atoms with Crippen LogP contribution in [0.2, 0.25) is 0 Å². The van der Waals surface area contributed by atoms with Gasteiger partial charge in [-0.25, -0.2) is 9.98 Å². The van der Waals surface area contributed by atoms with Crippen molar-refractivity contribution in [3.05, 3.63) is 70.0 Å². The van der Waals surface area contributed by atoms with Crippen LogP contribution >= 0.6 is 23.1 Å². The fourth-order valence-electron chi connectivity index (χ4n) is 4.96. The molecule has 1 amide bonds. The molecule has 3 atom stereocenters. The van der Waals surface area contributed by atoms with Crippen LogP contribution < -0.4 is 20.1 Å². The molecule has 3 aromatic rings. The van der Waals surface area contributed by atoms with Crippen molar-refractivity contribution < 1.29 is 19.0 Å². The number of benzene rings is 2. The summed E-state index contributed by atoms with van der Waals surface area (Å²) >= 11 is 3.17. The fourth-order valence-corrected chi connectivity index (χ4v) is 7.09. The summed E-state index contributed by atoms with van der Waals surface area (Å²) in [4.78, 5) is 23.1. The van der Waals surface area contributed by atoms with Gasteiger partial charge in [-0.15, -0.1) is 11.3 Å². The molecular formula is C29H34N4O4S2. The Morgan fingerprint density at radius 1 is 1.18 bits per heavy atom. The van der Waals surface area contributed by atoms with Crippen LogP contribution in [0.4, 0.5) is 5.82 Å². The molecule has 0 saturated carbocycles. The number of amides is 1. The Bertz CT molecular complexity index is 1350. The highest BCUT2D eigenvalue weighted by Crippen LogP contribution is 2.50. The summed E-state index contributed by atoms with van der Waals surface area (Å²) in [6, 6.07) is 15.0. The Balaban J connectivity index is 1.40. The van der Waals surface area contributed by atoms with Gasteiger partial charge < -0.3 is 24.8 Å². The second-order valence-corrected chi connectivity index (χ2v) is 11.9. The van der Waals surface area contributed by atoms with Crippen molar-refractivity contribution in [3.8, 4) is 11.5 Å². The molecule has 1 saturated heterocycles. The summed E-state index contributed by atoms with van der Waals surface area (Å²) in [6.07, 6.45) is 1.81. The van der Waals surface area contributed by atoms with Gasteiger partial charge in [0.05, 0.1) is 26.4 Å². The minimum absolute atomic E-state index is 0.166. The number of amidine groups is 1. The SMILES string of the molecule is CC[C@]1(C)C[C@H]2CSC(NC(=O)c3ccccc3)=N[C@@]2(c2nc(NCc3ccc(OC)cc3OC)cs2)CO1. The molecule has 39 heavy (non-hydrogen) atoms. The van der Waals surface area contributed by atoms with E-state index in [0.29, 0.717) is 23.9 Å². The van der Waals surface area contributed by atoms with Gasteiger partial charge in [-0.05, 0) is 44.0 Å². The molecule has 8 nitrogen and oxygen atoms in total. The van der Waals surface area contributed by atoms with Crippen molar-refractivity contribution >= 4 is 40.0 Å². The number of anilines is 1. The van der Waals surface area contributed by atoms with E-state index in [-0.39, 0.29) is 17.4 Å². The summed E-state index contributed by atoms with van der Waals surface area (Å²) in [6.45, 7) is 5.31. The lowest BCUT2D eigenvalue weighted by Crippen LogP contribution is -2.54. The van der Waals surface area contributed by atoms with E-state index in [1.807, 2.05) is 41.8 Å². The number of aromatic nitrogens is 1. The number of aliphatic imine (C=N–C) groups is 1. The first-order valence-corrected chi connectivity index (χ1v) is 14.9. The van der Waals surface area contributed by atoms with E-state index >= 15 is 0 Å². The molecule has 1 aromatic heterocycles. The van der Waals surface area contributed by atoms with E-state index < -0.39 is 5.54 Å². The molecule has 0 bridgehead atoms. The highest BCUT2D eigenvalue weighted by molar-refractivity contribution is 8.13. The van der Waals surface area contributed by atoms with Crippen LogP contribution in [-0.2, 0) is 16.8 Å². The standard InChI is InChI=1S/C29H34N4O4S2/c1-5-28(2)14-21-16-39-27(32-25(34)19-9-7-6-8-10-19)33-29(21,18-37-28)26-31-24(17-38-26)30-15-20-11-12-22(35-3)13-23(20)36-4/h6-13,17,21,30H,5,14-16,18H2,1-4H3,(H,32,33,34)/t21-,28+,29-/m0/s1. The molecule has 206 valence electrons. The first-order valence-electron chi connectivity index (χ1n) is 13.0. The van der Waals surface area contributed by atoms with Gasteiger partial charge in [0.15, 0.2) is 5.17 Å². The second-order valence-electron chi connectivity index (χ2n) is 10.0. The number of carbonyl (C=O) groups is 1. The number of thioether (sulfide) groups is 1. The molecule has 5 rings (SSSR count). The van der Waals surface area contributed by atoms with Gasteiger partial charge in [0.2, 0.25) is 0 Å². The third kappa shape index (κ3) is 5.78. The van der Waals surface area contributed by atoms with Gasteiger partial charge >= 0.3 is 0 Å². The summed E-state index contributed by atoms with van der Waals surface area (Å²) < 4.78 is 17.3. The van der Waals surface area contributed by atoms with E-state index in [0.717, 1.165) is 46.5 Å². The fraction of sp³-hybridized carbons (Fsp3) is 0.414. The van der Waals surface area contributed by atoms with Crippen molar-refractivity contribution in [2.45, 2.75) is 44.4 Å². The number of ether oxygens (including phenoxy) is 3. The van der Waals surface area contributed by atoms with Crippen LogP contribution in [0.15, 0.2) is 58.9 Å². The number of hydrogen-bond acceptors (Lipinski definition) is 9. The Hall–Kier alpha value is -3.08. The Morgan fingerprint density at radius 2 is 2.00 bits per heavy atom. The van der Waals surface area contributed by atoms with E-state index in [9.17, 15) is 4.79 Å². The molecule has 2 aliphatic rings. The number of hydrogen-bond donors (Lipinski definition) is 2. The summed E-state index contributed by atoms with van der Waals surface area (Å²) in [7, 11) is 3.29. The summed E-state index contributed by atoms with van der Waals surface area (Å²) in [5.74, 6) is 3.17. The highest BCUT2D eigenvalue weighted by atomic mass is 32.2. The average Bonchev–Trinajstić information content (AvgIpc) is 3.46. The number of nitrogens with one attached hydrogen (secondary N) is 2. The lowest BCUT2D eigenvalue weighted by Gasteiger charge is -2.49. The molecule has 3 heterocycles. The zero-order chi connectivity index (χ0) is 27.5. The molecule has 2 N–H and O–H groups in total. The van der Waals surface area contributed by atoms with Crippen molar-refractivity contribution in [2.24, 2.45) is 10.9 Å². The zero-order valence-electron chi connectivity index (χ0n) is 22.7. The molecule has 2 aromatic carbocycles. The number of fused-ring (bicyclic) bond motifs is 1. The number of thiazole rings is 1. The molecule has 1 fully saturated rings. The van der Waals surface area contributed by atoms with Crippen LogP contribution in [0.5, 0.6) is 11.5 Å². The lowest BCUT2D eigenvalue weighted by atomic mass is 9.75. The van der Waals surface area contributed by atoms with Gasteiger partial charge in [0.1, 0.15) is 27.9 Å². The quantitative estimate of drug-likeness (QED) is 0.361. The maximum atomic E-state index is 12.9. The molecule has 10 heteroatoms. The molecule has 0 unspecified atom stereocenters. The predicted octanol–water partition coefficient (Wildman–Crippen LogP) is 5.71. The van der Waals surface area contributed by atoms with Gasteiger partial charge in [-0.3, -0.25) is 4.79 Å². The molecule has 0 aliphatic carbocycles. The van der Waals surface area contributed by atoms with Crippen LogP contribution in [-0.4, -0.2) is 48.2 Å². The third-order valence-corrected chi connectivity index (χ3v) is 9.59. The number of carbonyl (C=O) groups excluding carboxylic acids is 1. The predicted molar refractivity (Wildman–Crippen MR) is 157 cm³/mol. The Labute approximate surface area is 237 Å². The van der Waals surface area contributed by atoms with E-state index in [4.69, 9.17) is 24.2 Å². The summed E-state index contributed by atoms with van der Waals surface area (Å²) in [5, 5.41) is 9.98. The minimum atomic E-state index is -0.651. The highest BCUT2D eigenvalue weighted by Gasteiger charge is 2.53. The van der Waals surface area contributed by atoms with Crippen molar-refractivity contribution in [2.75, 3.05) is 31.9 Å². The zero-order valence-corrected chi connectivity index (χ0v) is 24.3. The van der Waals surface area contributed by atoms with Crippen LogP contribution in [0.3, 0.4) is 0 Å². The topological polar surface area (TPSA) is 94.1 Å². The smallest absolute Gasteiger partial charge is 0.257 e. The Morgan fingerprint density at radius 3 is 2.74 bits per heavy atom. The summed E-state index contributed by atoms with van der Waals surface area (Å²) in [5.41, 5.74) is 0.756. The number of nitrogens with zero attached hydrogens (tertiary/aromatic N) is 2. The number of methoxy groups -OCH3 is 2. The van der Waals surface area contributed by atoms with Crippen molar-refractivity contribution in [1.29, 1.82) is 0 Å². The normalized spacial score (nSPS) is 24.3. The maximum absolute atomic E-state index is 12.9. The average molecular weight is 567 g/mol. The van der Waals surface area contributed by atoms with Crippen LogP contribution in [0.1, 0.15) is 47.6 Å². The largest absolute Gasteiger partial charge is 0.497 e. The van der Waals surface area contributed by atoms with Crippen LogP contribution in [0.25, 0.3) is 0 Å². The van der Waals surface area contributed by atoms with Crippen molar-refractivity contribution in [3.63, 3.8) is 0 Å². The van der Waals surface area contributed by atoms with E-state index in [1.165, 1.54) is 0 Å². The van der Waals surface area contributed by atoms with Crippen LogP contribution in [0, 0.1) is 5.92 Å². The maximum Gasteiger partial charge on any atom is 0.257 e. The first kappa shape index (κ1) is 27.5. The second kappa shape index (κ2) is 11.6. The van der Waals surface area contributed by atoms with E-state index in [2.05, 4.69) is 24.5 Å². The first-order chi connectivity index (χ1) is 18.9. The lowest BCUT2D eigenvalue weighted by molar-refractivity contribution is -0.122. The molecular weight excluding hydrogens is 532 g/mol. The molecule has 0 spiro atoms. The third-order valence-electron chi connectivity index (χ3n) is 7.55. The molecule has 0 radical (unpaired) electrons. The van der Waals surface area contributed by atoms with Gasteiger partial charge in [-0.2, -0.15) is 0 Å². The monoisotopic (exact) mass is 566 g/mol.